The molecule has 80 valence electrons. The van der Waals surface area contributed by atoms with Crippen molar-refractivity contribution in [1.29, 1.82) is 0 Å². The number of carbonyl (C=O) groups is 1. The molecular weight excluding hydrogens is 202 g/mol. The Balaban J connectivity index is 3.42. The van der Waals surface area contributed by atoms with Gasteiger partial charge in [0.2, 0.25) is 0 Å². The molecule has 7 heteroatoms. The molecule has 7 nitrogen and oxygen atoms in total. The zero-order chi connectivity index (χ0) is 11.6. The molecule has 15 heavy (non-hydrogen) atoms. The summed E-state index contributed by atoms with van der Waals surface area (Å²) in [6.45, 7) is 1.51. The van der Waals surface area contributed by atoms with E-state index in [1.165, 1.54) is 20.1 Å². The maximum absolute atomic E-state index is 10.9. The zero-order valence-corrected chi connectivity index (χ0v) is 8.18. The number of pyridine rings is 1. The van der Waals surface area contributed by atoms with Gasteiger partial charge in [-0.05, 0) is 12.5 Å². The molecule has 1 rings (SSSR count). The summed E-state index contributed by atoms with van der Waals surface area (Å²) in [5.41, 5.74) is 5.06. The summed E-state index contributed by atoms with van der Waals surface area (Å²) in [5, 5.41) is 10.6. The third-order valence-corrected chi connectivity index (χ3v) is 1.78. The zero-order valence-electron chi connectivity index (χ0n) is 8.18. The highest BCUT2D eigenvalue weighted by atomic mass is 16.6. The first-order valence-electron chi connectivity index (χ1n) is 3.97. The lowest BCUT2D eigenvalue weighted by Gasteiger charge is -2.04. The molecule has 2 N–H and O–H groups in total. The molecule has 0 fully saturated rings. The van der Waals surface area contributed by atoms with E-state index in [1.807, 2.05) is 0 Å². The minimum absolute atomic E-state index is 0.0301. The standard InChI is InChI=1S/C8H9N3O4/c1-4-3-5(11(13)14)8(15-2)10-6(4)7(9)12/h3H,1-2H3,(H2,9,12). The lowest BCUT2D eigenvalue weighted by molar-refractivity contribution is -0.386. The Morgan fingerprint density at radius 3 is 2.67 bits per heavy atom. The Morgan fingerprint density at radius 1 is 1.67 bits per heavy atom. The van der Waals surface area contributed by atoms with E-state index in [-0.39, 0.29) is 17.3 Å². The molecule has 1 heterocycles. The summed E-state index contributed by atoms with van der Waals surface area (Å²) in [7, 11) is 1.23. The van der Waals surface area contributed by atoms with Crippen LogP contribution >= 0.6 is 0 Å². The van der Waals surface area contributed by atoms with Crippen LogP contribution in [0.1, 0.15) is 16.1 Å². The molecule has 1 aromatic heterocycles. The highest BCUT2D eigenvalue weighted by molar-refractivity contribution is 5.92. The van der Waals surface area contributed by atoms with E-state index in [4.69, 9.17) is 10.5 Å². The quantitative estimate of drug-likeness (QED) is 0.575. The summed E-state index contributed by atoms with van der Waals surface area (Å²) >= 11 is 0. The van der Waals surface area contributed by atoms with Crippen molar-refractivity contribution in [2.75, 3.05) is 7.11 Å². The van der Waals surface area contributed by atoms with E-state index in [2.05, 4.69) is 4.98 Å². The van der Waals surface area contributed by atoms with Gasteiger partial charge in [-0.3, -0.25) is 14.9 Å². The maximum Gasteiger partial charge on any atom is 0.331 e. The van der Waals surface area contributed by atoms with E-state index < -0.39 is 10.8 Å². The molecular formula is C8H9N3O4. The van der Waals surface area contributed by atoms with Gasteiger partial charge in [-0.1, -0.05) is 0 Å². The molecule has 0 aliphatic carbocycles. The number of carbonyl (C=O) groups excluding carboxylic acids is 1. The van der Waals surface area contributed by atoms with Crippen molar-refractivity contribution in [1.82, 2.24) is 4.98 Å². The van der Waals surface area contributed by atoms with Crippen LogP contribution in [-0.4, -0.2) is 22.9 Å². The van der Waals surface area contributed by atoms with E-state index in [0.717, 1.165) is 0 Å². The smallest absolute Gasteiger partial charge is 0.331 e. The molecule has 0 spiro atoms. The van der Waals surface area contributed by atoms with Crippen LogP contribution in [0.15, 0.2) is 6.07 Å². The predicted molar refractivity (Wildman–Crippen MR) is 50.7 cm³/mol. The normalized spacial score (nSPS) is 9.73. The molecule has 0 radical (unpaired) electrons. The van der Waals surface area contributed by atoms with Gasteiger partial charge >= 0.3 is 5.69 Å². The summed E-state index contributed by atoms with van der Waals surface area (Å²) in [6, 6.07) is 1.20. The summed E-state index contributed by atoms with van der Waals surface area (Å²) in [5.74, 6) is -0.972. The molecule has 0 saturated carbocycles. The van der Waals surface area contributed by atoms with E-state index in [9.17, 15) is 14.9 Å². The van der Waals surface area contributed by atoms with Gasteiger partial charge in [0.05, 0.1) is 12.0 Å². The number of nitrogens with zero attached hydrogens (tertiary/aromatic N) is 2. The first-order valence-corrected chi connectivity index (χ1v) is 3.97. The lowest BCUT2D eigenvalue weighted by Crippen LogP contribution is -2.15. The maximum atomic E-state index is 10.9. The number of amides is 1. The van der Waals surface area contributed by atoms with Gasteiger partial charge in [-0.2, -0.15) is 0 Å². The highest BCUT2D eigenvalue weighted by Crippen LogP contribution is 2.26. The van der Waals surface area contributed by atoms with E-state index in [0.29, 0.717) is 5.56 Å². The van der Waals surface area contributed by atoms with Gasteiger partial charge in [0.15, 0.2) is 0 Å². The summed E-state index contributed by atoms with van der Waals surface area (Å²) < 4.78 is 4.69. The van der Waals surface area contributed by atoms with Crippen LogP contribution in [0.4, 0.5) is 5.69 Å². The van der Waals surface area contributed by atoms with Gasteiger partial charge in [0.1, 0.15) is 5.69 Å². The van der Waals surface area contributed by atoms with Crippen LogP contribution in [0.5, 0.6) is 5.88 Å². The van der Waals surface area contributed by atoms with Crippen molar-refractivity contribution in [3.05, 3.63) is 27.4 Å². The Labute approximate surface area is 85.0 Å². The van der Waals surface area contributed by atoms with Crippen molar-refractivity contribution in [2.24, 2.45) is 5.73 Å². The van der Waals surface area contributed by atoms with Crippen LogP contribution in [0.25, 0.3) is 0 Å². The van der Waals surface area contributed by atoms with E-state index >= 15 is 0 Å². The lowest BCUT2D eigenvalue weighted by atomic mass is 10.2. The average molecular weight is 211 g/mol. The number of methoxy groups -OCH3 is 1. The summed E-state index contributed by atoms with van der Waals surface area (Å²) in [6.07, 6.45) is 0. The van der Waals surface area contributed by atoms with Crippen LogP contribution < -0.4 is 10.5 Å². The van der Waals surface area contributed by atoms with Crippen molar-refractivity contribution in [3.63, 3.8) is 0 Å². The monoisotopic (exact) mass is 211 g/mol. The first-order chi connectivity index (χ1) is 6.97. The fourth-order valence-electron chi connectivity index (χ4n) is 1.11. The average Bonchev–Trinajstić information content (AvgIpc) is 2.16. The molecule has 1 amide bonds. The first kappa shape index (κ1) is 10.9. The summed E-state index contributed by atoms with van der Waals surface area (Å²) in [4.78, 5) is 24.5. The number of aromatic nitrogens is 1. The molecule has 0 unspecified atom stereocenters. The Bertz CT molecular complexity index is 430. The molecule has 0 aliphatic rings. The van der Waals surface area contributed by atoms with Gasteiger partial charge in [0.25, 0.3) is 11.8 Å². The second kappa shape index (κ2) is 3.91. The van der Waals surface area contributed by atoms with Crippen LogP contribution in [0.2, 0.25) is 0 Å². The van der Waals surface area contributed by atoms with E-state index in [1.54, 1.807) is 0 Å². The SMILES string of the molecule is COc1nc(C(N)=O)c(C)cc1[N+](=O)[O-]. The molecule has 0 aliphatic heterocycles. The second-order valence-corrected chi connectivity index (χ2v) is 2.80. The van der Waals surface area contributed by atoms with Gasteiger partial charge in [-0.25, -0.2) is 4.98 Å². The number of rotatable bonds is 3. The van der Waals surface area contributed by atoms with Gasteiger partial charge < -0.3 is 10.5 Å². The van der Waals surface area contributed by atoms with Crippen molar-refractivity contribution in [3.8, 4) is 5.88 Å². The topological polar surface area (TPSA) is 108 Å². The van der Waals surface area contributed by atoms with Crippen LogP contribution in [0, 0.1) is 17.0 Å². The number of hydrogen-bond acceptors (Lipinski definition) is 5. The highest BCUT2D eigenvalue weighted by Gasteiger charge is 2.20. The van der Waals surface area contributed by atoms with Crippen molar-refractivity contribution >= 4 is 11.6 Å². The minimum Gasteiger partial charge on any atom is -0.476 e. The largest absolute Gasteiger partial charge is 0.476 e. The Hall–Kier alpha value is -2.18. The molecule has 0 bridgehead atoms. The minimum atomic E-state index is -0.749. The van der Waals surface area contributed by atoms with Crippen molar-refractivity contribution in [2.45, 2.75) is 6.92 Å². The fourth-order valence-corrected chi connectivity index (χ4v) is 1.11. The van der Waals surface area contributed by atoms with Crippen LogP contribution in [0.3, 0.4) is 0 Å². The van der Waals surface area contributed by atoms with Crippen LogP contribution in [-0.2, 0) is 0 Å². The molecule has 1 aromatic rings. The van der Waals surface area contributed by atoms with Crippen molar-refractivity contribution < 1.29 is 14.5 Å². The Morgan fingerprint density at radius 2 is 2.27 bits per heavy atom. The molecule has 0 saturated heterocycles. The second-order valence-electron chi connectivity index (χ2n) is 2.80. The molecule has 0 aromatic carbocycles. The molecule has 0 atom stereocenters. The van der Waals surface area contributed by atoms with Gasteiger partial charge in [0, 0.05) is 6.07 Å². The number of hydrogen-bond donors (Lipinski definition) is 1. The fraction of sp³-hybridized carbons (Fsp3) is 0.250. The number of aryl methyl sites for hydroxylation is 1. The Kier molecular flexibility index (Phi) is 2.84. The third-order valence-electron chi connectivity index (χ3n) is 1.78. The number of ether oxygens (including phenoxy) is 1. The number of nitro groups is 1. The predicted octanol–water partition coefficient (Wildman–Crippen LogP) is 0.406. The third kappa shape index (κ3) is 2.01. The number of primary amides is 1. The van der Waals surface area contributed by atoms with Gasteiger partial charge in [-0.15, -0.1) is 0 Å². The number of nitrogens with two attached hydrogens (primary N) is 1.